The number of imidazole rings is 1. The summed E-state index contributed by atoms with van der Waals surface area (Å²) in [5.74, 6) is 0.689. The molecule has 0 aliphatic heterocycles. The second kappa shape index (κ2) is 5.77. The Balaban J connectivity index is 2.33. The van der Waals surface area contributed by atoms with Crippen LogP contribution in [0.1, 0.15) is 18.5 Å². The lowest BCUT2D eigenvalue weighted by Gasteiger charge is -2.13. The van der Waals surface area contributed by atoms with Gasteiger partial charge in [-0.3, -0.25) is 0 Å². The van der Waals surface area contributed by atoms with Gasteiger partial charge < -0.3 is 14.9 Å². The predicted molar refractivity (Wildman–Crippen MR) is 92.4 cm³/mol. The van der Waals surface area contributed by atoms with Crippen LogP contribution in [0.2, 0.25) is 0 Å². The number of methoxy groups -OCH3 is 1. The molecule has 112 valence electrons. The van der Waals surface area contributed by atoms with Crippen LogP contribution in [-0.4, -0.2) is 21.5 Å². The van der Waals surface area contributed by atoms with Gasteiger partial charge in [0.05, 0.1) is 23.5 Å². The summed E-state index contributed by atoms with van der Waals surface area (Å²) in [5.41, 5.74) is 9.52. The topological polar surface area (TPSA) is 52.5 Å². The summed E-state index contributed by atoms with van der Waals surface area (Å²) in [6.07, 6.45) is 1.98. The van der Waals surface area contributed by atoms with E-state index in [0.717, 1.165) is 28.3 Å². The van der Waals surface area contributed by atoms with Crippen molar-refractivity contribution in [3.63, 3.8) is 0 Å². The van der Waals surface area contributed by atoms with Crippen molar-refractivity contribution < 1.29 is 4.74 Å². The molecule has 0 amide bonds. The molecule has 3 rings (SSSR count). The first kappa shape index (κ1) is 14.5. The Morgan fingerprint density at radius 3 is 2.68 bits per heavy atom. The number of hydrogen-bond donors (Lipinski definition) is 1. The molecule has 2 aromatic heterocycles. The van der Waals surface area contributed by atoms with Crippen molar-refractivity contribution in [2.24, 2.45) is 5.73 Å². The molecule has 22 heavy (non-hydrogen) atoms. The van der Waals surface area contributed by atoms with Crippen LogP contribution >= 0.6 is 12.2 Å². The van der Waals surface area contributed by atoms with E-state index in [1.807, 2.05) is 60.0 Å². The summed E-state index contributed by atoms with van der Waals surface area (Å²) in [6, 6.07) is 13.7. The third-order valence-corrected chi connectivity index (χ3v) is 4.12. The minimum absolute atomic E-state index is 0.0905. The van der Waals surface area contributed by atoms with E-state index in [1.165, 1.54) is 0 Å². The zero-order valence-electron chi connectivity index (χ0n) is 12.5. The zero-order chi connectivity index (χ0) is 15.7. The lowest BCUT2D eigenvalue weighted by Crippen LogP contribution is -2.18. The fourth-order valence-electron chi connectivity index (χ4n) is 2.60. The van der Waals surface area contributed by atoms with Gasteiger partial charge in [-0.2, -0.15) is 0 Å². The molecule has 0 fully saturated rings. The minimum atomic E-state index is -0.0905. The Bertz CT molecular complexity index is 841. The molecular formula is C17H17N3OS. The van der Waals surface area contributed by atoms with Crippen LogP contribution < -0.4 is 10.5 Å². The molecule has 0 aliphatic carbocycles. The van der Waals surface area contributed by atoms with E-state index in [-0.39, 0.29) is 5.92 Å². The van der Waals surface area contributed by atoms with Gasteiger partial charge in [0.15, 0.2) is 0 Å². The normalized spacial score (nSPS) is 12.3. The Kier molecular flexibility index (Phi) is 3.81. The maximum atomic E-state index is 5.89. The highest BCUT2D eigenvalue weighted by Crippen LogP contribution is 2.35. The van der Waals surface area contributed by atoms with E-state index in [2.05, 4.69) is 0 Å². The SMILES string of the molecule is COc1ccccc1-c1nc2ccccn2c1C(C)C(N)=S. The fourth-order valence-corrected chi connectivity index (χ4v) is 2.71. The molecule has 1 unspecified atom stereocenters. The van der Waals surface area contributed by atoms with E-state index < -0.39 is 0 Å². The molecule has 2 N–H and O–H groups in total. The van der Waals surface area contributed by atoms with Gasteiger partial charge in [-0.15, -0.1) is 0 Å². The summed E-state index contributed by atoms with van der Waals surface area (Å²) < 4.78 is 7.51. The number of rotatable bonds is 4. The number of nitrogens with zero attached hydrogens (tertiary/aromatic N) is 2. The molecule has 1 atom stereocenters. The van der Waals surface area contributed by atoms with Gasteiger partial charge in [-0.05, 0) is 24.3 Å². The molecule has 4 nitrogen and oxygen atoms in total. The fraction of sp³-hybridized carbons (Fsp3) is 0.176. The van der Waals surface area contributed by atoms with E-state index in [1.54, 1.807) is 7.11 Å². The maximum absolute atomic E-state index is 5.89. The quantitative estimate of drug-likeness (QED) is 0.750. The number of nitrogens with two attached hydrogens (primary N) is 1. The number of ether oxygens (including phenoxy) is 1. The van der Waals surface area contributed by atoms with Gasteiger partial charge in [-0.25, -0.2) is 4.98 Å². The van der Waals surface area contributed by atoms with Gasteiger partial charge in [-0.1, -0.05) is 37.3 Å². The lowest BCUT2D eigenvalue weighted by molar-refractivity contribution is 0.416. The summed E-state index contributed by atoms with van der Waals surface area (Å²) in [5, 5.41) is 0. The molecule has 0 aliphatic rings. The van der Waals surface area contributed by atoms with E-state index in [9.17, 15) is 0 Å². The number of aromatic nitrogens is 2. The molecule has 0 radical (unpaired) electrons. The Morgan fingerprint density at radius 2 is 1.95 bits per heavy atom. The van der Waals surface area contributed by atoms with Gasteiger partial charge in [0.2, 0.25) is 0 Å². The van der Waals surface area contributed by atoms with Gasteiger partial charge in [0.1, 0.15) is 11.4 Å². The van der Waals surface area contributed by atoms with Crippen molar-refractivity contribution in [3.05, 3.63) is 54.4 Å². The highest BCUT2D eigenvalue weighted by atomic mass is 32.1. The largest absolute Gasteiger partial charge is 0.496 e. The number of hydrogen-bond acceptors (Lipinski definition) is 3. The number of fused-ring (bicyclic) bond motifs is 1. The van der Waals surface area contributed by atoms with Crippen LogP contribution in [-0.2, 0) is 0 Å². The summed E-state index contributed by atoms with van der Waals surface area (Å²) >= 11 is 5.21. The monoisotopic (exact) mass is 311 g/mol. The molecule has 0 saturated carbocycles. The summed E-state index contributed by atoms with van der Waals surface area (Å²) in [7, 11) is 1.66. The second-order valence-electron chi connectivity index (χ2n) is 5.10. The molecule has 0 spiro atoms. The molecular weight excluding hydrogens is 294 g/mol. The van der Waals surface area contributed by atoms with E-state index >= 15 is 0 Å². The summed E-state index contributed by atoms with van der Waals surface area (Å²) in [4.78, 5) is 5.21. The first-order valence-electron chi connectivity index (χ1n) is 7.03. The van der Waals surface area contributed by atoms with Crippen LogP contribution in [0.15, 0.2) is 48.7 Å². The molecule has 2 heterocycles. The predicted octanol–water partition coefficient (Wildman–Crippen LogP) is 3.40. The number of pyridine rings is 1. The van der Waals surface area contributed by atoms with Crippen LogP contribution in [0.25, 0.3) is 16.9 Å². The van der Waals surface area contributed by atoms with Crippen LogP contribution in [0.3, 0.4) is 0 Å². The van der Waals surface area contributed by atoms with Crippen molar-refractivity contribution in [1.29, 1.82) is 0 Å². The molecule has 1 aromatic carbocycles. The Morgan fingerprint density at radius 1 is 1.23 bits per heavy atom. The van der Waals surface area contributed by atoms with Crippen LogP contribution in [0, 0.1) is 0 Å². The standard InChI is InChI=1S/C17H17N3OS/c1-11(17(18)22)16-15(12-7-3-4-8-13(12)21-2)19-14-9-5-6-10-20(14)16/h3-11H,1-2H3,(H2,18,22). The van der Waals surface area contributed by atoms with E-state index in [4.69, 9.17) is 27.7 Å². The molecule has 5 heteroatoms. The van der Waals surface area contributed by atoms with Gasteiger partial charge in [0, 0.05) is 17.7 Å². The first-order valence-corrected chi connectivity index (χ1v) is 7.44. The highest BCUT2D eigenvalue weighted by Gasteiger charge is 2.22. The number of benzene rings is 1. The van der Waals surface area contributed by atoms with Crippen molar-refractivity contribution in [3.8, 4) is 17.0 Å². The van der Waals surface area contributed by atoms with Crippen molar-refractivity contribution in [2.45, 2.75) is 12.8 Å². The number of para-hydroxylation sites is 1. The molecule has 3 aromatic rings. The first-order chi connectivity index (χ1) is 10.6. The Hall–Kier alpha value is -2.40. The van der Waals surface area contributed by atoms with Gasteiger partial charge >= 0.3 is 0 Å². The molecule has 0 saturated heterocycles. The lowest BCUT2D eigenvalue weighted by atomic mass is 10.0. The van der Waals surface area contributed by atoms with Crippen LogP contribution in [0.5, 0.6) is 5.75 Å². The van der Waals surface area contributed by atoms with Gasteiger partial charge in [0.25, 0.3) is 0 Å². The average molecular weight is 311 g/mol. The van der Waals surface area contributed by atoms with E-state index in [0.29, 0.717) is 4.99 Å². The van der Waals surface area contributed by atoms with Crippen molar-refractivity contribution in [1.82, 2.24) is 9.38 Å². The molecule has 0 bridgehead atoms. The Labute approximate surface area is 134 Å². The van der Waals surface area contributed by atoms with Crippen molar-refractivity contribution >= 4 is 22.9 Å². The van der Waals surface area contributed by atoms with Crippen LogP contribution in [0.4, 0.5) is 0 Å². The minimum Gasteiger partial charge on any atom is -0.496 e. The third-order valence-electron chi connectivity index (χ3n) is 3.77. The maximum Gasteiger partial charge on any atom is 0.137 e. The summed E-state index contributed by atoms with van der Waals surface area (Å²) in [6.45, 7) is 2.00. The highest BCUT2D eigenvalue weighted by molar-refractivity contribution is 7.80. The van der Waals surface area contributed by atoms with Crippen molar-refractivity contribution in [2.75, 3.05) is 7.11 Å². The third kappa shape index (κ3) is 2.33. The average Bonchev–Trinajstić information content (AvgIpc) is 2.93. The number of thiocarbonyl (C=S) groups is 1. The second-order valence-corrected chi connectivity index (χ2v) is 5.57. The zero-order valence-corrected chi connectivity index (χ0v) is 13.3. The smallest absolute Gasteiger partial charge is 0.137 e.